The minimum atomic E-state index is -0.265. The summed E-state index contributed by atoms with van der Waals surface area (Å²) >= 11 is 0. The van der Waals surface area contributed by atoms with Gasteiger partial charge in [0, 0.05) is 6.04 Å². The fourth-order valence-electron chi connectivity index (χ4n) is 1.61. The van der Waals surface area contributed by atoms with Crippen molar-refractivity contribution in [1.82, 2.24) is 5.32 Å². The van der Waals surface area contributed by atoms with Crippen LogP contribution in [0.2, 0.25) is 0 Å². The zero-order valence-electron chi connectivity index (χ0n) is 6.38. The number of rotatable bonds is 2. The molecule has 3 unspecified atom stereocenters. The maximum absolute atomic E-state index is 9.24. The van der Waals surface area contributed by atoms with E-state index in [0.717, 1.165) is 19.4 Å². The molecule has 60 valence electrons. The van der Waals surface area contributed by atoms with Crippen LogP contribution in [-0.2, 0) is 0 Å². The first kappa shape index (κ1) is 7.98. The van der Waals surface area contributed by atoms with Crippen LogP contribution in [0.4, 0.5) is 0 Å². The molecule has 0 aromatic carbocycles. The van der Waals surface area contributed by atoms with Crippen molar-refractivity contribution in [2.24, 2.45) is 11.7 Å². The second kappa shape index (κ2) is 3.32. The predicted octanol–water partition coefficient (Wildman–Crippen LogP) is -0.696. The van der Waals surface area contributed by atoms with Gasteiger partial charge in [-0.2, -0.15) is 0 Å². The van der Waals surface area contributed by atoms with Gasteiger partial charge in [-0.25, -0.2) is 0 Å². The van der Waals surface area contributed by atoms with Gasteiger partial charge in [0.05, 0.1) is 6.10 Å². The van der Waals surface area contributed by atoms with Crippen molar-refractivity contribution in [2.45, 2.75) is 25.0 Å². The van der Waals surface area contributed by atoms with Crippen molar-refractivity contribution in [3.8, 4) is 0 Å². The highest BCUT2D eigenvalue weighted by molar-refractivity contribution is 4.86. The highest BCUT2D eigenvalue weighted by Gasteiger charge is 2.29. The Labute approximate surface area is 61.6 Å². The van der Waals surface area contributed by atoms with E-state index >= 15 is 0 Å². The lowest BCUT2D eigenvalue weighted by Gasteiger charge is -2.05. The van der Waals surface area contributed by atoms with Gasteiger partial charge in [-0.1, -0.05) is 0 Å². The predicted molar refractivity (Wildman–Crippen MR) is 40.6 cm³/mol. The fourth-order valence-corrected chi connectivity index (χ4v) is 1.61. The summed E-state index contributed by atoms with van der Waals surface area (Å²) < 4.78 is 0. The van der Waals surface area contributed by atoms with Gasteiger partial charge in [0.15, 0.2) is 0 Å². The topological polar surface area (TPSA) is 58.3 Å². The first-order chi connectivity index (χ1) is 4.74. The summed E-state index contributed by atoms with van der Waals surface area (Å²) in [6, 6.07) is 0.0124. The molecule has 1 aliphatic carbocycles. The molecule has 0 spiro atoms. The zero-order valence-corrected chi connectivity index (χ0v) is 6.38. The monoisotopic (exact) mass is 144 g/mol. The number of hydrogen-bond acceptors (Lipinski definition) is 3. The lowest BCUT2D eigenvalue weighted by atomic mass is 10.1. The molecular weight excluding hydrogens is 128 g/mol. The second-order valence-electron chi connectivity index (χ2n) is 3.13. The second-order valence-corrected chi connectivity index (χ2v) is 3.13. The number of aliphatic hydroxyl groups excluding tert-OH is 1. The summed E-state index contributed by atoms with van der Waals surface area (Å²) in [5.74, 6) is 0.579. The van der Waals surface area contributed by atoms with Crippen LogP contribution in [0.3, 0.4) is 0 Å². The molecule has 0 saturated heterocycles. The van der Waals surface area contributed by atoms with Crippen LogP contribution in [-0.4, -0.2) is 30.8 Å². The van der Waals surface area contributed by atoms with Crippen LogP contribution < -0.4 is 11.1 Å². The standard InChI is InChI=1S/C7H16N2O/c1-9-4-5-2-6(8)7(10)3-5/h5-7,9-10H,2-4,8H2,1H3. The van der Waals surface area contributed by atoms with E-state index in [2.05, 4.69) is 5.32 Å². The van der Waals surface area contributed by atoms with Crippen molar-refractivity contribution in [3.05, 3.63) is 0 Å². The summed E-state index contributed by atoms with van der Waals surface area (Å²) in [5, 5.41) is 12.3. The Balaban J connectivity index is 2.27. The molecule has 3 heteroatoms. The molecule has 0 aromatic heterocycles. The summed E-state index contributed by atoms with van der Waals surface area (Å²) in [7, 11) is 1.93. The molecule has 1 saturated carbocycles. The smallest absolute Gasteiger partial charge is 0.0694 e. The van der Waals surface area contributed by atoms with E-state index in [9.17, 15) is 5.11 Å². The van der Waals surface area contributed by atoms with Gasteiger partial charge in [-0.3, -0.25) is 0 Å². The average Bonchev–Trinajstić information content (AvgIpc) is 2.14. The maximum atomic E-state index is 9.24. The summed E-state index contributed by atoms with van der Waals surface area (Å²) in [5.41, 5.74) is 5.62. The average molecular weight is 144 g/mol. The Hall–Kier alpha value is -0.120. The third kappa shape index (κ3) is 1.68. The summed E-state index contributed by atoms with van der Waals surface area (Å²) in [4.78, 5) is 0. The van der Waals surface area contributed by atoms with Gasteiger partial charge in [0.25, 0.3) is 0 Å². The summed E-state index contributed by atoms with van der Waals surface area (Å²) in [6.45, 7) is 0.977. The van der Waals surface area contributed by atoms with Crippen molar-refractivity contribution in [1.29, 1.82) is 0 Å². The van der Waals surface area contributed by atoms with E-state index in [1.807, 2.05) is 7.05 Å². The molecule has 4 N–H and O–H groups in total. The van der Waals surface area contributed by atoms with Crippen LogP contribution in [0, 0.1) is 5.92 Å². The highest BCUT2D eigenvalue weighted by Crippen LogP contribution is 2.23. The maximum Gasteiger partial charge on any atom is 0.0694 e. The number of hydrogen-bond donors (Lipinski definition) is 3. The quantitative estimate of drug-likeness (QED) is 0.480. The van der Waals surface area contributed by atoms with Gasteiger partial charge in [0.2, 0.25) is 0 Å². The van der Waals surface area contributed by atoms with Crippen molar-refractivity contribution >= 4 is 0 Å². The molecule has 1 fully saturated rings. The Morgan fingerprint density at radius 2 is 2.30 bits per heavy atom. The highest BCUT2D eigenvalue weighted by atomic mass is 16.3. The van der Waals surface area contributed by atoms with Crippen molar-refractivity contribution in [2.75, 3.05) is 13.6 Å². The Morgan fingerprint density at radius 3 is 2.70 bits per heavy atom. The molecular formula is C7H16N2O. The lowest BCUT2D eigenvalue weighted by Crippen LogP contribution is -2.28. The van der Waals surface area contributed by atoms with Gasteiger partial charge >= 0.3 is 0 Å². The van der Waals surface area contributed by atoms with Crippen molar-refractivity contribution < 1.29 is 5.11 Å². The molecule has 3 nitrogen and oxygen atoms in total. The van der Waals surface area contributed by atoms with Crippen LogP contribution in [0.5, 0.6) is 0 Å². The molecule has 0 heterocycles. The molecule has 0 radical (unpaired) electrons. The van der Waals surface area contributed by atoms with E-state index in [0.29, 0.717) is 5.92 Å². The molecule has 3 atom stereocenters. The van der Waals surface area contributed by atoms with Gasteiger partial charge in [0.1, 0.15) is 0 Å². The molecule has 10 heavy (non-hydrogen) atoms. The number of nitrogens with one attached hydrogen (secondary N) is 1. The normalized spacial score (nSPS) is 40.5. The molecule has 0 amide bonds. The third-order valence-corrected chi connectivity index (χ3v) is 2.17. The number of aliphatic hydroxyl groups is 1. The largest absolute Gasteiger partial charge is 0.392 e. The molecule has 0 aliphatic heterocycles. The molecule has 1 aliphatic rings. The molecule has 1 rings (SSSR count). The minimum absolute atomic E-state index is 0.0124. The summed E-state index contributed by atoms with van der Waals surface area (Å²) in [6.07, 6.45) is 1.56. The molecule has 0 aromatic rings. The fraction of sp³-hybridized carbons (Fsp3) is 1.00. The van der Waals surface area contributed by atoms with E-state index in [1.54, 1.807) is 0 Å². The van der Waals surface area contributed by atoms with Crippen LogP contribution in [0.15, 0.2) is 0 Å². The van der Waals surface area contributed by atoms with E-state index in [-0.39, 0.29) is 12.1 Å². The number of nitrogens with two attached hydrogens (primary N) is 1. The van der Waals surface area contributed by atoms with Gasteiger partial charge < -0.3 is 16.2 Å². The Kier molecular flexibility index (Phi) is 2.65. The van der Waals surface area contributed by atoms with Gasteiger partial charge in [-0.15, -0.1) is 0 Å². The Bertz CT molecular complexity index is 97.8. The van der Waals surface area contributed by atoms with Gasteiger partial charge in [-0.05, 0) is 32.4 Å². The first-order valence-corrected chi connectivity index (χ1v) is 3.82. The van der Waals surface area contributed by atoms with E-state index in [1.165, 1.54) is 0 Å². The third-order valence-electron chi connectivity index (χ3n) is 2.17. The Morgan fingerprint density at radius 1 is 1.60 bits per heavy atom. The minimum Gasteiger partial charge on any atom is -0.392 e. The molecule has 0 bridgehead atoms. The van der Waals surface area contributed by atoms with Crippen LogP contribution in [0.1, 0.15) is 12.8 Å². The van der Waals surface area contributed by atoms with Crippen LogP contribution in [0.25, 0.3) is 0 Å². The zero-order chi connectivity index (χ0) is 7.56. The first-order valence-electron chi connectivity index (χ1n) is 3.82. The lowest BCUT2D eigenvalue weighted by molar-refractivity contribution is 0.161. The van der Waals surface area contributed by atoms with E-state index in [4.69, 9.17) is 5.73 Å². The van der Waals surface area contributed by atoms with E-state index < -0.39 is 0 Å². The SMILES string of the molecule is CNCC1CC(N)C(O)C1. The van der Waals surface area contributed by atoms with Crippen LogP contribution >= 0.6 is 0 Å². The van der Waals surface area contributed by atoms with Crippen molar-refractivity contribution in [3.63, 3.8) is 0 Å².